The van der Waals surface area contributed by atoms with E-state index in [-0.39, 0.29) is 18.5 Å². The van der Waals surface area contributed by atoms with Crippen molar-refractivity contribution in [2.75, 3.05) is 33.4 Å². The maximum absolute atomic E-state index is 11.3. The van der Waals surface area contributed by atoms with Gasteiger partial charge in [0.2, 0.25) is 0 Å². The zero-order chi connectivity index (χ0) is 10.4. The highest BCUT2D eigenvalue weighted by atomic mass is 16.5. The molecule has 0 amide bonds. The molecule has 0 aromatic rings. The second kappa shape index (κ2) is 5.98. The first-order chi connectivity index (χ1) is 6.77. The highest BCUT2D eigenvalue weighted by Gasteiger charge is 2.23. The molecule has 1 fully saturated rings. The molecule has 1 aliphatic heterocycles. The van der Waals surface area contributed by atoms with Crippen molar-refractivity contribution in [3.05, 3.63) is 0 Å². The third kappa shape index (κ3) is 3.27. The summed E-state index contributed by atoms with van der Waals surface area (Å²) >= 11 is 0. The van der Waals surface area contributed by atoms with Crippen LogP contribution in [0.3, 0.4) is 0 Å². The van der Waals surface area contributed by atoms with Gasteiger partial charge >= 0.3 is 5.97 Å². The third-order valence-electron chi connectivity index (χ3n) is 2.69. The lowest BCUT2D eigenvalue weighted by atomic mass is 10.1. The first kappa shape index (κ1) is 11.5. The molecule has 1 unspecified atom stereocenters. The van der Waals surface area contributed by atoms with Crippen LogP contribution in [0.2, 0.25) is 0 Å². The largest absolute Gasteiger partial charge is 0.469 e. The van der Waals surface area contributed by atoms with E-state index in [2.05, 4.69) is 4.90 Å². The second-order valence-electron chi connectivity index (χ2n) is 3.74. The number of aliphatic hydroxyl groups excluding tert-OH is 1. The number of aliphatic hydroxyl groups is 1. The minimum absolute atomic E-state index is 0.0492. The van der Waals surface area contributed by atoms with Gasteiger partial charge in [0.05, 0.1) is 13.0 Å². The molecule has 1 N–H and O–H groups in total. The molecule has 14 heavy (non-hydrogen) atoms. The van der Waals surface area contributed by atoms with Gasteiger partial charge in [0.1, 0.15) is 0 Å². The van der Waals surface area contributed by atoms with Crippen molar-refractivity contribution >= 4 is 5.97 Å². The van der Waals surface area contributed by atoms with Gasteiger partial charge in [-0.25, -0.2) is 0 Å². The number of hydrogen-bond donors (Lipinski definition) is 1. The van der Waals surface area contributed by atoms with Gasteiger partial charge in [-0.1, -0.05) is 0 Å². The topological polar surface area (TPSA) is 49.8 Å². The van der Waals surface area contributed by atoms with E-state index in [1.807, 2.05) is 0 Å². The average Bonchev–Trinajstić information content (AvgIpc) is 2.68. The Balaban J connectivity index is 2.37. The predicted octanol–water partition coefficient (Wildman–Crippen LogP) is 0.254. The molecule has 1 heterocycles. The van der Waals surface area contributed by atoms with Crippen LogP contribution in [0.1, 0.15) is 19.3 Å². The first-order valence-electron chi connectivity index (χ1n) is 5.19. The number of esters is 1. The number of likely N-dealkylation sites (tertiary alicyclic amines) is 1. The Kier molecular flexibility index (Phi) is 4.90. The molecule has 82 valence electrons. The first-order valence-corrected chi connectivity index (χ1v) is 5.19. The Hall–Kier alpha value is -0.610. The smallest absolute Gasteiger partial charge is 0.310 e. The Labute approximate surface area is 84.8 Å². The number of carbonyl (C=O) groups is 1. The van der Waals surface area contributed by atoms with E-state index in [1.54, 1.807) is 0 Å². The highest BCUT2D eigenvalue weighted by Crippen LogP contribution is 2.13. The molecule has 0 aliphatic carbocycles. The lowest BCUT2D eigenvalue weighted by Crippen LogP contribution is -2.32. The predicted molar refractivity (Wildman–Crippen MR) is 52.9 cm³/mol. The van der Waals surface area contributed by atoms with Crippen LogP contribution in [0.5, 0.6) is 0 Å². The normalized spacial score (nSPS) is 19.6. The van der Waals surface area contributed by atoms with Gasteiger partial charge in [0.15, 0.2) is 0 Å². The molecule has 0 spiro atoms. The van der Waals surface area contributed by atoms with E-state index in [0.717, 1.165) is 19.6 Å². The van der Waals surface area contributed by atoms with E-state index in [1.165, 1.54) is 20.0 Å². The van der Waals surface area contributed by atoms with Crippen molar-refractivity contribution in [2.45, 2.75) is 19.3 Å². The summed E-state index contributed by atoms with van der Waals surface area (Å²) in [7, 11) is 1.40. The van der Waals surface area contributed by atoms with Gasteiger partial charge in [0.25, 0.3) is 0 Å². The van der Waals surface area contributed by atoms with Gasteiger partial charge in [0, 0.05) is 13.2 Å². The van der Waals surface area contributed by atoms with Crippen molar-refractivity contribution in [1.29, 1.82) is 0 Å². The molecule has 0 bridgehead atoms. The minimum Gasteiger partial charge on any atom is -0.469 e. The number of ether oxygens (including phenoxy) is 1. The SMILES string of the molecule is COC(=O)C(CCO)CN1CCCC1. The van der Waals surface area contributed by atoms with Crippen molar-refractivity contribution in [2.24, 2.45) is 5.92 Å². The fourth-order valence-corrected chi connectivity index (χ4v) is 1.88. The van der Waals surface area contributed by atoms with E-state index in [0.29, 0.717) is 6.42 Å². The lowest BCUT2D eigenvalue weighted by Gasteiger charge is -2.20. The fourth-order valence-electron chi connectivity index (χ4n) is 1.88. The van der Waals surface area contributed by atoms with Crippen molar-refractivity contribution < 1.29 is 14.6 Å². The van der Waals surface area contributed by atoms with Crippen LogP contribution >= 0.6 is 0 Å². The van der Waals surface area contributed by atoms with Gasteiger partial charge in [-0.2, -0.15) is 0 Å². The van der Waals surface area contributed by atoms with Crippen LogP contribution in [0.4, 0.5) is 0 Å². The summed E-state index contributed by atoms with van der Waals surface area (Å²) in [6, 6.07) is 0. The second-order valence-corrected chi connectivity index (χ2v) is 3.74. The van der Waals surface area contributed by atoms with E-state index in [9.17, 15) is 4.79 Å². The number of carbonyl (C=O) groups excluding carboxylic acids is 1. The van der Waals surface area contributed by atoms with E-state index < -0.39 is 0 Å². The summed E-state index contributed by atoms with van der Waals surface area (Å²) in [5.74, 6) is -0.367. The highest BCUT2D eigenvalue weighted by molar-refractivity contribution is 5.72. The average molecular weight is 201 g/mol. The monoisotopic (exact) mass is 201 g/mol. The lowest BCUT2D eigenvalue weighted by molar-refractivity contribution is -0.146. The van der Waals surface area contributed by atoms with Crippen LogP contribution in [0.25, 0.3) is 0 Å². The molecule has 0 saturated carbocycles. The molecular weight excluding hydrogens is 182 g/mol. The Morgan fingerprint density at radius 3 is 2.64 bits per heavy atom. The molecule has 4 nitrogen and oxygen atoms in total. The molecule has 1 saturated heterocycles. The summed E-state index contributed by atoms with van der Waals surface area (Å²) in [4.78, 5) is 13.6. The summed E-state index contributed by atoms with van der Waals surface area (Å²) < 4.78 is 4.70. The van der Waals surface area contributed by atoms with Gasteiger partial charge in [-0.05, 0) is 32.4 Å². The summed E-state index contributed by atoms with van der Waals surface area (Å²) in [5, 5.41) is 8.83. The van der Waals surface area contributed by atoms with Crippen molar-refractivity contribution in [1.82, 2.24) is 4.90 Å². The van der Waals surface area contributed by atoms with Gasteiger partial charge in [-0.3, -0.25) is 4.79 Å². The molecule has 0 radical (unpaired) electrons. The van der Waals surface area contributed by atoms with Crippen LogP contribution in [-0.2, 0) is 9.53 Å². The van der Waals surface area contributed by atoms with Crippen LogP contribution in [0.15, 0.2) is 0 Å². The van der Waals surface area contributed by atoms with Crippen LogP contribution < -0.4 is 0 Å². The Morgan fingerprint density at radius 1 is 1.50 bits per heavy atom. The van der Waals surface area contributed by atoms with E-state index in [4.69, 9.17) is 9.84 Å². The molecule has 1 aliphatic rings. The number of rotatable bonds is 5. The van der Waals surface area contributed by atoms with Crippen LogP contribution in [-0.4, -0.2) is 49.3 Å². The molecule has 1 atom stereocenters. The Bertz CT molecular complexity index is 178. The minimum atomic E-state index is -0.203. The number of hydrogen-bond acceptors (Lipinski definition) is 4. The van der Waals surface area contributed by atoms with Gasteiger partial charge < -0.3 is 14.7 Å². The molecule has 0 aromatic heterocycles. The zero-order valence-electron chi connectivity index (χ0n) is 8.74. The number of methoxy groups -OCH3 is 1. The summed E-state index contributed by atoms with van der Waals surface area (Å²) in [6.45, 7) is 2.92. The molecule has 4 heteroatoms. The van der Waals surface area contributed by atoms with Crippen molar-refractivity contribution in [3.8, 4) is 0 Å². The van der Waals surface area contributed by atoms with Crippen molar-refractivity contribution in [3.63, 3.8) is 0 Å². The fraction of sp³-hybridized carbons (Fsp3) is 0.900. The zero-order valence-corrected chi connectivity index (χ0v) is 8.74. The molecule has 1 rings (SSSR count). The summed E-state index contributed by atoms with van der Waals surface area (Å²) in [5.41, 5.74) is 0. The molecule has 0 aromatic carbocycles. The molecular formula is C10H19NO3. The number of nitrogens with zero attached hydrogens (tertiary/aromatic N) is 1. The van der Waals surface area contributed by atoms with Crippen LogP contribution in [0, 0.1) is 5.92 Å². The summed E-state index contributed by atoms with van der Waals surface area (Å²) in [6.07, 6.45) is 2.93. The maximum Gasteiger partial charge on any atom is 0.310 e. The van der Waals surface area contributed by atoms with Gasteiger partial charge in [-0.15, -0.1) is 0 Å². The Morgan fingerprint density at radius 2 is 2.14 bits per heavy atom. The maximum atomic E-state index is 11.3. The third-order valence-corrected chi connectivity index (χ3v) is 2.69. The standard InChI is InChI=1S/C10H19NO3/c1-14-10(13)9(4-7-12)8-11-5-2-3-6-11/h9,12H,2-8H2,1H3. The van der Waals surface area contributed by atoms with E-state index >= 15 is 0 Å². The quantitative estimate of drug-likeness (QED) is 0.648.